The van der Waals surface area contributed by atoms with Crippen molar-refractivity contribution in [3.05, 3.63) is 71.4 Å². The Balaban J connectivity index is 0.790. The molecule has 2 aliphatic rings. The molecule has 16 heteroatoms. The quantitative estimate of drug-likeness (QED) is 0.0551. The molecule has 0 radical (unpaired) electrons. The Morgan fingerprint density at radius 2 is 1.63 bits per heavy atom. The third-order valence-electron chi connectivity index (χ3n) is 13.0. The SMILES string of the molecule is Cc1ncsc1-c1ccc([C@H](C)NC(=O)[C@@H]2C[C@@H](O)CN2C(=O)[C@@H](NC(=O)CCCCCCCCCN2CCC(n3nc(N)c4nnc(-c5ccccc5O)cc43)CC2)C(C)(C)C)cc1. The van der Waals surface area contributed by atoms with Crippen LogP contribution >= 0.6 is 11.3 Å². The zero-order chi connectivity index (χ0) is 46.3. The number of amides is 3. The van der Waals surface area contributed by atoms with Gasteiger partial charge in [0.25, 0.3) is 0 Å². The van der Waals surface area contributed by atoms with Crippen molar-refractivity contribution < 1.29 is 24.6 Å². The van der Waals surface area contributed by atoms with Crippen molar-refractivity contribution in [1.82, 2.24) is 45.4 Å². The number of aromatic hydroxyl groups is 1. The lowest BCUT2D eigenvalue weighted by Gasteiger charge is -2.35. The highest BCUT2D eigenvalue weighted by Gasteiger charge is 2.44. The van der Waals surface area contributed by atoms with Gasteiger partial charge in [0.1, 0.15) is 17.8 Å². The van der Waals surface area contributed by atoms with Crippen LogP contribution < -0.4 is 16.4 Å². The van der Waals surface area contributed by atoms with E-state index in [-0.39, 0.29) is 48.5 Å². The molecule has 2 aromatic carbocycles. The number of hydrogen-bond acceptors (Lipinski definition) is 12. The molecular formula is C49H66N10O5S. The van der Waals surface area contributed by atoms with E-state index < -0.39 is 23.6 Å². The van der Waals surface area contributed by atoms with Crippen molar-refractivity contribution in [2.45, 2.75) is 136 Å². The number of rotatable bonds is 18. The topological polar surface area (TPSA) is 205 Å². The third kappa shape index (κ3) is 11.7. The Hall–Kier alpha value is -5.45. The number of carbonyl (C=O) groups is 3. The first-order valence-electron chi connectivity index (χ1n) is 23.3. The maximum atomic E-state index is 14.1. The second-order valence-electron chi connectivity index (χ2n) is 19.0. The summed E-state index contributed by atoms with van der Waals surface area (Å²) < 4.78 is 2.00. The van der Waals surface area contributed by atoms with Crippen LogP contribution in [0.15, 0.2) is 60.1 Å². The number of aromatic nitrogens is 5. The Kier molecular flexibility index (Phi) is 15.5. The van der Waals surface area contributed by atoms with Gasteiger partial charge in [-0.05, 0) is 80.8 Å². The highest BCUT2D eigenvalue weighted by molar-refractivity contribution is 7.13. The number of nitrogens with zero attached hydrogens (tertiary/aromatic N) is 7. The van der Waals surface area contributed by atoms with E-state index in [9.17, 15) is 24.6 Å². The fourth-order valence-corrected chi connectivity index (χ4v) is 10.0. The molecule has 15 nitrogen and oxygen atoms in total. The van der Waals surface area contributed by atoms with Gasteiger partial charge in [0, 0.05) is 38.0 Å². The number of nitrogens with one attached hydrogen (secondary N) is 2. The highest BCUT2D eigenvalue weighted by Crippen LogP contribution is 2.34. The molecule has 348 valence electrons. The van der Waals surface area contributed by atoms with Crippen LogP contribution in [0, 0.1) is 12.3 Å². The number of phenolic OH excluding ortho intramolecular Hbond substituents is 1. The molecule has 5 heterocycles. The average Bonchev–Trinajstić information content (AvgIpc) is 4.00. The molecule has 65 heavy (non-hydrogen) atoms. The Labute approximate surface area is 386 Å². The summed E-state index contributed by atoms with van der Waals surface area (Å²) in [5, 5.41) is 40.4. The Morgan fingerprint density at radius 1 is 0.938 bits per heavy atom. The molecule has 7 rings (SSSR count). The number of phenols is 1. The molecule has 2 saturated heterocycles. The molecule has 0 bridgehead atoms. The van der Waals surface area contributed by atoms with Crippen molar-refractivity contribution in [3.63, 3.8) is 0 Å². The lowest BCUT2D eigenvalue weighted by atomic mass is 9.85. The van der Waals surface area contributed by atoms with Crippen molar-refractivity contribution in [2.24, 2.45) is 5.41 Å². The van der Waals surface area contributed by atoms with E-state index in [1.165, 1.54) is 4.90 Å². The maximum absolute atomic E-state index is 14.1. The van der Waals surface area contributed by atoms with Gasteiger partial charge < -0.3 is 36.4 Å². The number of aryl methyl sites for hydroxylation is 1. The predicted molar refractivity (Wildman–Crippen MR) is 255 cm³/mol. The number of piperidine rings is 1. The summed E-state index contributed by atoms with van der Waals surface area (Å²) in [6, 6.07) is 15.3. The second kappa shape index (κ2) is 21.2. The van der Waals surface area contributed by atoms with Gasteiger partial charge in [0.15, 0.2) is 11.3 Å². The number of thiazole rings is 1. The number of aliphatic hydroxyl groups excluding tert-OH is 1. The van der Waals surface area contributed by atoms with E-state index >= 15 is 0 Å². The third-order valence-corrected chi connectivity index (χ3v) is 14.0. The van der Waals surface area contributed by atoms with E-state index in [1.807, 2.05) is 87.3 Å². The number of benzene rings is 2. The largest absolute Gasteiger partial charge is 0.507 e. The van der Waals surface area contributed by atoms with Gasteiger partial charge in [-0.3, -0.25) is 19.1 Å². The standard InChI is InChI=1S/C49H66N10O5S/c1-31(33-18-20-34(21-19-33)44-32(2)51-30-65-44)52-47(63)40-27-36(60)29-58(40)48(64)45(49(3,4)5)53-42(62)17-11-9-7-6-8-10-14-24-57-25-22-35(23-26-57)59-39-28-38(37-15-12-13-16-41(37)61)54-55-43(39)46(50)56-59/h12-13,15-16,18-21,28,30-31,35-36,40,45,60-61H,6-11,14,17,22-27,29H2,1-5H3,(H2,50,56)(H,52,63)(H,53,62)/t31-,36+,40-,45+/m0/s1. The number of unbranched alkanes of at least 4 members (excludes halogenated alkanes) is 6. The molecule has 0 aliphatic carbocycles. The molecule has 0 unspecified atom stereocenters. The number of anilines is 1. The van der Waals surface area contributed by atoms with Gasteiger partial charge in [0.2, 0.25) is 17.7 Å². The number of hydrogen-bond donors (Lipinski definition) is 5. The van der Waals surface area contributed by atoms with Crippen LogP contribution in [-0.4, -0.2) is 107 Å². The first-order valence-corrected chi connectivity index (χ1v) is 24.2. The number of fused-ring (bicyclic) bond motifs is 1. The Morgan fingerprint density at radius 3 is 2.31 bits per heavy atom. The molecule has 4 atom stereocenters. The minimum atomic E-state index is -0.843. The summed E-state index contributed by atoms with van der Waals surface area (Å²) in [5.74, 6) is -0.331. The van der Waals surface area contributed by atoms with Crippen molar-refractivity contribution in [1.29, 1.82) is 0 Å². The zero-order valence-electron chi connectivity index (χ0n) is 38.5. The van der Waals surface area contributed by atoms with E-state index in [1.54, 1.807) is 23.5 Å². The number of nitrogens with two attached hydrogens (primary N) is 1. The van der Waals surface area contributed by atoms with Gasteiger partial charge in [-0.25, -0.2) is 4.98 Å². The summed E-state index contributed by atoms with van der Waals surface area (Å²) in [4.78, 5) is 50.4. The van der Waals surface area contributed by atoms with Crippen LogP contribution in [0.4, 0.5) is 5.82 Å². The number of carbonyl (C=O) groups excluding carboxylic acids is 3. The molecule has 2 aliphatic heterocycles. The van der Waals surface area contributed by atoms with E-state index in [0.29, 0.717) is 29.0 Å². The summed E-state index contributed by atoms with van der Waals surface area (Å²) in [7, 11) is 0. The van der Waals surface area contributed by atoms with Gasteiger partial charge >= 0.3 is 0 Å². The van der Waals surface area contributed by atoms with Crippen LogP contribution in [-0.2, 0) is 14.4 Å². The van der Waals surface area contributed by atoms with E-state index in [0.717, 1.165) is 105 Å². The van der Waals surface area contributed by atoms with Crippen LogP contribution in [0.2, 0.25) is 0 Å². The molecule has 3 amide bonds. The molecular weight excluding hydrogens is 841 g/mol. The number of β-amino-alcohol motifs (C(OH)–C–C–N with tert-alkyl or cyclic N) is 1. The van der Waals surface area contributed by atoms with Crippen LogP contribution in [0.25, 0.3) is 32.7 Å². The molecule has 0 saturated carbocycles. The van der Waals surface area contributed by atoms with Gasteiger partial charge in [-0.15, -0.1) is 21.5 Å². The minimum Gasteiger partial charge on any atom is -0.507 e. The summed E-state index contributed by atoms with van der Waals surface area (Å²) in [5.41, 5.74) is 13.1. The molecule has 3 aromatic heterocycles. The van der Waals surface area contributed by atoms with E-state index in [4.69, 9.17) is 5.73 Å². The van der Waals surface area contributed by atoms with Crippen LogP contribution in [0.3, 0.4) is 0 Å². The van der Waals surface area contributed by atoms with Crippen molar-refractivity contribution >= 4 is 45.9 Å². The van der Waals surface area contributed by atoms with Gasteiger partial charge in [-0.2, -0.15) is 5.10 Å². The number of likely N-dealkylation sites (tertiary alicyclic amines) is 2. The summed E-state index contributed by atoms with van der Waals surface area (Å²) in [6.45, 7) is 12.7. The maximum Gasteiger partial charge on any atom is 0.246 e. The monoisotopic (exact) mass is 906 g/mol. The normalized spacial score (nSPS) is 18.2. The fraction of sp³-hybridized carbons (Fsp3) is 0.531. The average molecular weight is 907 g/mol. The van der Waals surface area contributed by atoms with Crippen molar-refractivity contribution in [3.8, 4) is 27.4 Å². The fourth-order valence-electron chi connectivity index (χ4n) is 9.20. The van der Waals surface area contributed by atoms with Crippen LogP contribution in [0.1, 0.15) is 122 Å². The van der Waals surface area contributed by atoms with Crippen LogP contribution in [0.5, 0.6) is 5.75 Å². The smallest absolute Gasteiger partial charge is 0.246 e. The second-order valence-corrected chi connectivity index (χ2v) is 19.8. The summed E-state index contributed by atoms with van der Waals surface area (Å²) >= 11 is 1.59. The molecule has 5 aromatic rings. The van der Waals surface area contributed by atoms with Gasteiger partial charge in [-0.1, -0.05) is 89.3 Å². The summed E-state index contributed by atoms with van der Waals surface area (Å²) in [6.07, 6.45) is 8.86. The lowest BCUT2D eigenvalue weighted by molar-refractivity contribution is -0.144. The highest BCUT2D eigenvalue weighted by atomic mass is 32.1. The molecule has 6 N–H and O–H groups in total. The van der Waals surface area contributed by atoms with E-state index in [2.05, 4.69) is 35.8 Å². The predicted octanol–water partition coefficient (Wildman–Crippen LogP) is 7.34. The number of nitrogen functional groups attached to an aromatic ring is 1. The first kappa shape index (κ1) is 47.5. The molecule has 0 spiro atoms. The minimum absolute atomic E-state index is 0.0372. The first-order chi connectivity index (χ1) is 31.2. The Bertz CT molecular complexity index is 2400. The van der Waals surface area contributed by atoms with Gasteiger partial charge in [0.05, 0.1) is 45.5 Å². The number of aliphatic hydroxyl groups is 1. The van der Waals surface area contributed by atoms with Crippen molar-refractivity contribution in [2.75, 3.05) is 31.9 Å². The molecule has 2 fully saturated rings. The lowest BCUT2D eigenvalue weighted by Crippen LogP contribution is -2.57. The zero-order valence-corrected chi connectivity index (χ0v) is 39.3. The number of para-hydroxylation sites is 1.